The van der Waals surface area contributed by atoms with E-state index in [1.807, 2.05) is 49.4 Å². The molecule has 1 aliphatic heterocycles. The number of ketones is 1. The summed E-state index contributed by atoms with van der Waals surface area (Å²) in [6.07, 6.45) is 3.36. The summed E-state index contributed by atoms with van der Waals surface area (Å²) >= 11 is 0. The molecular formula is C26H29N3O6. The van der Waals surface area contributed by atoms with Crippen molar-refractivity contribution in [1.29, 1.82) is 0 Å². The number of nitrogens with two attached hydrogens (primary N) is 1. The minimum absolute atomic E-state index is 0.0583. The van der Waals surface area contributed by atoms with Gasteiger partial charge in [0.25, 0.3) is 0 Å². The number of nitrogens with zero attached hydrogens (tertiary/aromatic N) is 1. The SMILES string of the molecule is COc1cc(CC(=O)Cc2cccc(C(C)NC(=O)O[C@@]3(N)CCOC3)c2)ccc1-c1cnco1. The molecule has 0 aliphatic carbocycles. The lowest BCUT2D eigenvalue weighted by atomic mass is 9.98. The van der Waals surface area contributed by atoms with Gasteiger partial charge in [0.15, 0.2) is 17.9 Å². The lowest BCUT2D eigenvalue weighted by Gasteiger charge is -2.24. The molecule has 9 heteroatoms. The second-order valence-electron chi connectivity index (χ2n) is 8.66. The van der Waals surface area contributed by atoms with E-state index < -0.39 is 11.8 Å². The third-order valence-corrected chi connectivity index (χ3v) is 5.86. The molecule has 1 amide bonds. The van der Waals surface area contributed by atoms with Gasteiger partial charge in [0.05, 0.1) is 31.5 Å². The van der Waals surface area contributed by atoms with Crippen molar-refractivity contribution in [3.8, 4) is 17.1 Å². The molecule has 0 spiro atoms. The Morgan fingerprint density at radius 2 is 2.00 bits per heavy atom. The molecule has 2 aromatic carbocycles. The van der Waals surface area contributed by atoms with E-state index in [0.717, 1.165) is 22.3 Å². The minimum atomic E-state index is -1.09. The van der Waals surface area contributed by atoms with E-state index in [-0.39, 0.29) is 31.3 Å². The Kier molecular flexibility index (Phi) is 7.48. The van der Waals surface area contributed by atoms with Gasteiger partial charge in [-0.05, 0) is 35.7 Å². The molecule has 0 bridgehead atoms. The maximum atomic E-state index is 12.8. The van der Waals surface area contributed by atoms with Gasteiger partial charge in [-0.15, -0.1) is 0 Å². The highest BCUT2D eigenvalue weighted by atomic mass is 16.6. The van der Waals surface area contributed by atoms with Crippen LogP contribution in [0.25, 0.3) is 11.3 Å². The molecule has 1 fully saturated rings. The van der Waals surface area contributed by atoms with Gasteiger partial charge in [0, 0.05) is 19.3 Å². The smallest absolute Gasteiger partial charge is 0.409 e. The van der Waals surface area contributed by atoms with E-state index in [0.29, 0.717) is 24.5 Å². The minimum Gasteiger partial charge on any atom is -0.496 e. The summed E-state index contributed by atoms with van der Waals surface area (Å²) in [5.41, 5.74) is 8.25. The van der Waals surface area contributed by atoms with Crippen LogP contribution in [0.5, 0.6) is 5.75 Å². The van der Waals surface area contributed by atoms with Crippen molar-refractivity contribution in [1.82, 2.24) is 10.3 Å². The van der Waals surface area contributed by atoms with Gasteiger partial charge >= 0.3 is 6.09 Å². The monoisotopic (exact) mass is 479 g/mol. The second kappa shape index (κ2) is 10.7. The van der Waals surface area contributed by atoms with Crippen LogP contribution in [0, 0.1) is 0 Å². The Hall–Kier alpha value is -3.69. The van der Waals surface area contributed by atoms with Crippen molar-refractivity contribution in [3.63, 3.8) is 0 Å². The number of aromatic nitrogens is 1. The number of ether oxygens (including phenoxy) is 3. The first kappa shape index (κ1) is 24.4. The number of nitrogens with one attached hydrogen (secondary N) is 1. The van der Waals surface area contributed by atoms with Crippen LogP contribution in [0.2, 0.25) is 0 Å². The molecule has 1 aromatic heterocycles. The van der Waals surface area contributed by atoms with Crippen LogP contribution in [0.4, 0.5) is 4.79 Å². The molecule has 9 nitrogen and oxygen atoms in total. The topological polar surface area (TPSA) is 126 Å². The van der Waals surface area contributed by atoms with E-state index in [9.17, 15) is 9.59 Å². The van der Waals surface area contributed by atoms with Gasteiger partial charge in [0.2, 0.25) is 0 Å². The number of hydrogen-bond donors (Lipinski definition) is 2. The number of oxazole rings is 1. The number of Topliss-reactive ketones (excluding diaryl/α,β-unsaturated/α-hetero) is 1. The fraction of sp³-hybridized carbons (Fsp3) is 0.346. The van der Waals surface area contributed by atoms with Gasteiger partial charge in [-0.3, -0.25) is 10.5 Å². The third-order valence-electron chi connectivity index (χ3n) is 5.86. The van der Waals surface area contributed by atoms with Crippen molar-refractivity contribution >= 4 is 11.9 Å². The van der Waals surface area contributed by atoms with Crippen LogP contribution < -0.4 is 15.8 Å². The zero-order valence-corrected chi connectivity index (χ0v) is 19.8. The van der Waals surface area contributed by atoms with Gasteiger partial charge < -0.3 is 23.9 Å². The highest BCUT2D eigenvalue weighted by Crippen LogP contribution is 2.31. The molecule has 4 rings (SSSR count). The van der Waals surface area contributed by atoms with Crippen LogP contribution in [0.15, 0.2) is 59.5 Å². The van der Waals surface area contributed by atoms with Gasteiger partial charge in [-0.2, -0.15) is 0 Å². The molecule has 1 saturated heterocycles. The first-order valence-corrected chi connectivity index (χ1v) is 11.4. The molecular weight excluding hydrogens is 450 g/mol. The van der Waals surface area contributed by atoms with Gasteiger partial charge in [-0.1, -0.05) is 30.3 Å². The van der Waals surface area contributed by atoms with Crippen molar-refractivity contribution in [3.05, 3.63) is 71.7 Å². The summed E-state index contributed by atoms with van der Waals surface area (Å²) in [5.74, 6) is 1.27. The molecule has 3 N–H and O–H groups in total. The van der Waals surface area contributed by atoms with E-state index in [1.165, 1.54) is 6.39 Å². The standard InChI is InChI=1S/C26H29N3O6/c1-17(29-25(31)35-26(27)8-9-33-15-26)20-5-3-4-18(10-20)11-21(30)12-19-6-7-22(23(13-19)32-2)24-14-28-16-34-24/h3-7,10,13-14,16-17H,8-9,11-12,15,27H2,1-2H3,(H,29,31)/t17?,26-/m0/s1. The van der Waals surface area contributed by atoms with Crippen molar-refractivity contribution in [2.45, 2.75) is 38.0 Å². The summed E-state index contributed by atoms with van der Waals surface area (Å²) < 4.78 is 21.4. The summed E-state index contributed by atoms with van der Waals surface area (Å²) in [4.78, 5) is 29.0. The molecule has 1 unspecified atom stereocenters. The number of hydrogen-bond acceptors (Lipinski definition) is 8. The Balaban J connectivity index is 1.35. The highest BCUT2D eigenvalue weighted by Gasteiger charge is 2.35. The predicted octanol–water partition coefficient (Wildman–Crippen LogP) is 3.57. The maximum absolute atomic E-state index is 12.8. The fourth-order valence-electron chi connectivity index (χ4n) is 4.00. The fourth-order valence-corrected chi connectivity index (χ4v) is 4.00. The normalized spacial score (nSPS) is 18.1. The number of carbonyl (C=O) groups is 2. The Morgan fingerprint density at radius 3 is 2.69 bits per heavy atom. The van der Waals surface area contributed by atoms with Crippen LogP contribution in [0.3, 0.4) is 0 Å². The highest BCUT2D eigenvalue weighted by molar-refractivity contribution is 5.83. The second-order valence-corrected chi connectivity index (χ2v) is 8.66. The summed E-state index contributed by atoms with van der Waals surface area (Å²) in [6.45, 7) is 2.49. The average Bonchev–Trinajstić information content (AvgIpc) is 3.51. The van der Waals surface area contributed by atoms with Crippen LogP contribution in [-0.4, -0.2) is 42.9 Å². The van der Waals surface area contributed by atoms with Crippen LogP contribution in [-0.2, 0) is 27.1 Å². The van der Waals surface area contributed by atoms with E-state index in [1.54, 1.807) is 13.3 Å². The predicted molar refractivity (Wildman–Crippen MR) is 128 cm³/mol. The first-order valence-electron chi connectivity index (χ1n) is 11.4. The molecule has 1 aliphatic rings. The van der Waals surface area contributed by atoms with Crippen molar-refractivity contribution in [2.24, 2.45) is 5.73 Å². The zero-order valence-electron chi connectivity index (χ0n) is 19.8. The van der Waals surface area contributed by atoms with E-state index >= 15 is 0 Å². The van der Waals surface area contributed by atoms with E-state index in [2.05, 4.69) is 10.3 Å². The lowest BCUT2D eigenvalue weighted by Crippen LogP contribution is -2.47. The van der Waals surface area contributed by atoms with Crippen molar-refractivity contribution in [2.75, 3.05) is 20.3 Å². The summed E-state index contributed by atoms with van der Waals surface area (Å²) in [7, 11) is 1.58. The number of carbonyl (C=O) groups excluding carboxylic acids is 2. The molecule has 2 atom stereocenters. The molecule has 35 heavy (non-hydrogen) atoms. The summed E-state index contributed by atoms with van der Waals surface area (Å²) in [6, 6.07) is 12.8. The average molecular weight is 480 g/mol. The Labute approximate surface area is 203 Å². The largest absolute Gasteiger partial charge is 0.496 e. The first-order chi connectivity index (χ1) is 16.8. The lowest BCUT2D eigenvalue weighted by molar-refractivity contribution is -0.117. The van der Waals surface area contributed by atoms with Crippen molar-refractivity contribution < 1.29 is 28.2 Å². The molecule has 0 radical (unpaired) electrons. The number of amides is 1. The van der Waals surface area contributed by atoms with Crippen LogP contribution >= 0.6 is 0 Å². The number of rotatable bonds is 9. The Bertz CT molecular complexity index is 1170. The van der Waals surface area contributed by atoms with Gasteiger partial charge in [0.1, 0.15) is 18.1 Å². The van der Waals surface area contributed by atoms with Crippen LogP contribution in [0.1, 0.15) is 36.1 Å². The zero-order chi connectivity index (χ0) is 24.8. The number of alkyl carbamates (subject to hydrolysis) is 1. The molecule has 3 aromatic rings. The quantitative estimate of drug-likeness (QED) is 0.446. The van der Waals surface area contributed by atoms with Gasteiger partial charge in [-0.25, -0.2) is 9.78 Å². The summed E-state index contributed by atoms with van der Waals surface area (Å²) in [5, 5.41) is 2.79. The maximum Gasteiger partial charge on any atom is 0.409 e. The number of methoxy groups -OCH3 is 1. The Morgan fingerprint density at radius 1 is 1.20 bits per heavy atom. The molecule has 2 heterocycles. The molecule has 0 saturated carbocycles. The van der Waals surface area contributed by atoms with E-state index in [4.69, 9.17) is 24.4 Å². The molecule has 184 valence electrons. The number of benzene rings is 2. The third kappa shape index (κ3) is 6.26.